The van der Waals surface area contributed by atoms with Gasteiger partial charge in [0.15, 0.2) is 5.75 Å². The Kier molecular flexibility index (Phi) is 3.82. The normalized spacial score (nSPS) is 10.3. The molecule has 0 aliphatic rings. The van der Waals surface area contributed by atoms with Gasteiger partial charge in [0.05, 0.1) is 16.0 Å². The van der Waals surface area contributed by atoms with Gasteiger partial charge in [0.25, 0.3) is 5.69 Å². The minimum atomic E-state index is -0.540. The van der Waals surface area contributed by atoms with E-state index in [0.717, 1.165) is 0 Å². The molecule has 0 amide bonds. The second kappa shape index (κ2) is 5.38. The average Bonchev–Trinajstić information content (AvgIpc) is 2.30. The van der Waals surface area contributed by atoms with Gasteiger partial charge >= 0.3 is 0 Å². The number of ether oxygens (including phenoxy) is 1. The van der Waals surface area contributed by atoms with E-state index < -0.39 is 4.92 Å². The van der Waals surface area contributed by atoms with Crippen molar-refractivity contribution in [2.45, 2.75) is 6.92 Å². The molecule has 0 bridgehead atoms. The lowest BCUT2D eigenvalue weighted by molar-refractivity contribution is -0.384. The van der Waals surface area contributed by atoms with Crippen molar-refractivity contribution < 1.29 is 9.66 Å². The highest BCUT2D eigenvalue weighted by atomic mass is 35.5. The first-order valence-corrected chi connectivity index (χ1v) is 5.84. The number of benzene rings is 1. The zero-order valence-electron chi connectivity index (χ0n) is 9.63. The highest BCUT2D eigenvalue weighted by Crippen LogP contribution is 2.32. The Morgan fingerprint density at radius 1 is 1.26 bits per heavy atom. The van der Waals surface area contributed by atoms with Crippen LogP contribution in [0.15, 0.2) is 24.3 Å². The third-order valence-electron chi connectivity index (χ3n) is 2.12. The van der Waals surface area contributed by atoms with Crippen LogP contribution in [0.2, 0.25) is 10.2 Å². The van der Waals surface area contributed by atoms with E-state index in [4.69, 9.17) is 27.9 Å². The average molecular weight is 300 g/mol. The van der Waals surface area contributed by atoms with Gasteiger partial charge in [-0.2, -0.15) is 4.98 Å². The SMILES string of the molecule is Cc1nc(Cl)cc(Oc2cc([N+](=O)[O-])ccc2Cl)n1. The van der Waals surface area contributed by atoms with Crippen molar-refractivity contribution in [1.82, 2.24) is 9.97 Å². The van der Waals surface area contributed by atoms with Crippen molar-refractivity contribution >= 4 is 28.9 Å². The summed E-state index contributed by atoms with van der Waals surface area (Å²) < 4.78 is 5.39. The van der Waals surface area contributed by atoms with Gasteiger partial charge in [0.1, 0.15) is 11.0 Å². The number of nitro benzene ring substituents is 1. The largest absolute Gasteiger partial charge is 0.437 e. The number of nitro groups is 1. The van der Waals surface area contributed by atoms with Gasteiger partial charge in [0.2, 0.25) is 5.88 Å². The Bertz CT molecular complexity index is 629. The van der Waals surface area contributed by atoms with Gasteiger partial charge in [-0.1, -0.05) is 23.2 Å². The van der Waals surface area contributed by atoms with Crippen LogP contribution < -0.4 is 4.74 Å². The summed E-state index contributed by atoms with van der Waals surface area (Å²) in [6.45, 7) is 1.65. The third-order valence-corrected chi connectivity index (χ3v) is 2.63. The summed E-state index contributed by atoms with van der Waals surface area (Å²) in [7, 11) is 0. The summed E-state index contributed by atoms with van der Waals surface area (Å²) >= 11 is 11.7. The fourth-order valence-electron chi connectivity index (χ4n) is 1.35. The molecule has 0 fully saturated rings. The molecule has 0 aliphatic carbocycles. The maximum Gasteiger partial charge on any atom is 0.273 e. The maximum atomic E-state index is 10.7. The van der Waals surface area contributed by atoms with E-state index >= 15 is 0 Å². The molecule has 98 valence electrons. The van der Waals surface area contributed by atoms with E-state index in [1.54, 1.807) is 6.92 Å². The maximum absolute atomic E-state index is 10.7. The van der Waals surface area contributed by atoms with E-state index in [2.05, 4.69) is 9.97 Å². The van der Waals surface area contributed by atoms with Crippen LogP contribution in [0, 0.1) is 17.0 Å². The predicted octanol–water partition coefficient (Wildman–Crippen LogP) is 3.79. The smallest absolute Gasteiger partial charge is 0.273 e. The Morgan fingerprint density at radius 2 is 2.00 bits per heavy atom. The number of non-ortho nitro benzene ring substituents is 1. The Hall–Kier alpha value is -1.92. The monoisotopic (exact) mass is 299 g/mol. The second-order valence-corrected chi connectivity index (χ2v) is 4.34. The number of hydrogen-bond acceptors (Lipinski definition) is 5. The van der Waals surface area contributed by atoms with Crippen molar-refractivity contribution in [2.75, 3.05) is 0 Å². The molecule has 1 aromatic carbocycles. The minimum Gasteiger partial charge on any atom is -0.437 e. The molecule has 8 heteroatoms. The molecule has 2 aromatic rings. The molecule has 1 heterocycles. The standard InChI is InChI=1S/C11H7Cl2N3O3/c1-6-14-10(13)5-11(15-6)19-9-4-7(16(17)18)2-3-8(9)12/h2-5H,1H3. The van der Waals surface area contributed by atoms with Crippen LogP contribution >= 0.6 is 23.2 Å². The summed E-state index contributed by atoms with van der Waals surface area (Å²) in [5.41, 5.74) is -0.128. The summed E-state index contributed by atoms with van der Waals surface area (Å²) in [4.78, 5) is 18.0. The van der Waals surface area contributed by atoms with E-state index in [1.165, 1.54) is 24.3 Å². The number of aromatic nitrogens is 2. The van der Waals surface area contributed by atoms with Crippen LogP contribution in [0.25, 0.3) is 0 Å². The molecule has 2 rings (SSSR count). The molecule has 19 heavy (non-hydrogen) atoms. The van der Waals surface area contributed by atoms with Crippen molar-refractivity contribution in [2.24, 2.45) is 0 Å². The second-order valence-electron chi connectivity index (χ2n) is 3.55. The van der Waals surface area contributed by atoms with Crippen LogP contribution in [0.3, 0.4) is 0 Å². The fourth-order valence-corrected chi connectivity index (χ4v) is 1.73. The van der Waals surface area contributed by atoms with Crippen molar-refractivity contribution in [1.29, 1.82) is 0 Å². The van der Waals surface area contributed by atoms with Gasteiger partial charge in [-0.15, -0.1) is 0 Å². The summed E-state index contributed by atoms with van der Waals surface area (Å²) in [5, 5.41) is 11.1. The van der Waals surface area contributed by atoms with Gasteiger partial charge in [0, 0.05) is 12.1 Å². The summed E-state index contributed by atoms with van der Waals surface area (Å²) in [6, 6.07) is 5.27. The minimum absolute atomic E-state index is 0.128. The molecular formula is C11H7Cl2N3O3. The van der Waals surface area contributed by atoms with E-state index in [1.807, 2.05) is 0 Å². The zero-order chi connectivity index (χ0) is 14.0. The lowest BCUT2D eigenvalue weighted by atomic mass is 10.3. The van der Waals surface area contributed by atoms with E-state index in [0.29, 0.717) is 5.82 Å². The van der Waals surface area contributed by atoms with Crippen LogP contribution in [0.4, 0.5) is 5.69 Å². The number of halogens is 2. The van der Waals surface area contributed by atoms with Gasteiger partial charge in [-0.05, 0) is 13.0 Å². The first-order valence-electron chi connectivity index (χ1n) is 5.08. The topological polar surface area (TPSA) is 78.2 Å². The van der Waals surface area contributed by atoms with Gasteiger partial charge < -0.3 is 4.74 Å². The number of nitrogens with zero attached hydrogens (tertiary/aromatic N) is 3. The van der Waals surface area contributed by atoms with Crippen molar-refractivity contribution in [3.8, 4) is 11.6 Å². The third kappa shape index (κ3) is 3.30. The lowest BCUT2D eigenvalue weighted by Crippen LogP contribution is -1.95. The van der Waals surface area contributed by atoms with Crippen molar-refractivity contribution in [3.63, 3.8) is 0 Å². The summed E-state index contributed by atoms with van der Waals surface area (Å²) in [5.74, 6) is 0.717. The predicted molar refractivity (Wildman–Crippen MR) is 70.0 cm³/mol. The van der Waals surface area contributed by atoms with Crippen LogP contribution in [0.1, 0.15) is 5.82 Å². The Labute approximate surface area is 118 Å². The number of aryl methyl sites for hydroxylation is 1. The molecule has 0 radical (unpaired) electrons. The summed E-state index contributed by atoms with van der Waals surface area (Å²) in [6.07, 6.45) is 0. The molecule has 0 aliphatic heterocycles. The highest BCUT2D eigenvalue weighted by molar-refractivity contribution is 6.32. The lowest BCUT2D eigenvalue weighted by Gasteiger charge is -2.07. The van der Waals surface area contributed by atoms with Crippen LogP contribution in [-0.4, -0.2) is 14.9 Å². The molecule has 0 atom stereocenters. The first kappa shape index (κ1) is 13.5. The van der Waals surface area contributed by atoms with Crippen LogP contribution in [-0.2, 0) is 0 Å². The molecule has 0 N–H and O–H groups in total. The molecular weight excluding hydrogens is 293 g/mol. The first-order chi connectivity index (χ1) is 8.95. The molecule has 0 saturated heterocycles. The quantitative estimate of drug-likeness (QED) is 0.489. The van der Waals surface area contributed by atoms with E-state index in [9.17, 15) is 10.1 Å². The molecule has 0 saturated carbocycles. The number of hydrogen-bond donors (Lipinski definition) is 0. The molecule has 6 nitrogen and oxygen atoms in total. The van der Waals surface area contributed by atoms with Crippen molar-refractivity contribution in [3.05, 3.63) is 50.4 Å². The number of rotatable bonds is 3. The Morgan fingerprint density at radius 3 is 2.63 bits per heavy atom. The van der Waals surface area contributed by atoms with Gasteiger partial charge in [-0.25, -0.2) is 4.98 Å². The molecule has 1 aromatic heterocycles. The van der Waals surface area contributed by atoms with Gasteiger partial charge in [-0.3, -0.25) is 10.1 Å². The highest BCUT2D eigenvalue weighted by Gasteiger charge is 2.12. The Balaban J connectivity index is 2.37. The van der Waals surface area contributed by atoms with Crippen LogP contribution in [0.5, 0.6) is 11.6 Å². The molecule has 0 spiro atoms. The zero-order valence-corrected chi connectivity index (χ0v) is 11.1. The van der Waals surface area contributed by atoms with E-state index in [-0.39, 0.29) is 27.5 Å². The molecule has 0 unspecified atom stereocenters. The fraction of sp³-hybridized carbons (Fsp3) is 0.0909.